The number of rotatable bonds is 6. The molecule has 0 aromatic heterocycles. The fraction of sp³-hybridized carbons (Fsp3) is 0.118. The number of carbonyl (C=O) groups is 1. The third kappa shape index (κ3) is 6.83. The first-order chi connectivity index (χ1) is 11.7. The number of amides is 1. The van der Waals surface area contributed by atoms with Gasteiger partial charge in [-0.15, -0.1) is 0 Å². The molecule has 0 aliphatic heterocycles. The standard InChI is InChI=1S/C17H16FIN2O3S/c1-25(23,24)21-16-8-4-13(10-15(16)18)11-20-17(22)9-5-12-2-6-14(19)7-3-12/h2-10,21H,11H2,1H3,(H,20,22)/b9-5+. The van der Waals surface area contributed by atoms with E-state index in [1.807, 2.05) is 24.3 Å². The maximum absolute atomic E-state index is 13.9. The zero-order valence-corrected chi connectivity index (χ0v) is 16.3. The topological polar surface area (TPSA) is 75.3 Å². The van der Waals surface area contributed by atoms with E-state index in [1.54, 1.807) is 12.1 Å². The summed E-state index contributed by atoms with van der Waals surface area (Å²) < 4.78 is 39.3. The van der Waals surface area contributed by atoms with E-state index in [1.165, 1.54) is 18.2 Å². The molecule has 0 aliphatic rings. The van der Waals surface area contributed by atoms with Crippen LogP contribution < -0.4 is 10.0 Å². The molecule has 8 heteroatoms. The Labute approximate surface area is 159 Å². The lowest BCUT2D eigenvalue weighted by atomic mass is 10.2. The van der Waals surface area contributed by atoms with E-state index in [2.05, 4.69) is 32.6 Å². The minimum atomic E-state index is -3.54. The van der Waals surface area contributed by atoms with Crippen LogP contribution >= 0.6 is 22.6 Å². The highest BCUT2D eigenvalue weighted by atomic mass is 127. The zero-order chi connectivity index (χ0) is 18.4. The third-order valence-corrected chi connectivity index (χ3v) is 4.40. The summed E-state index contributed by atoms with van der Waals surface area (Å²) in [5, 5.41) is 2.64. The fourth-order valence-corrected chi connectivity index (χ4v) is 2.87. The SMILES string of the molecule is CS(=O)(=O)Nc1ccc(CNC(=O)/C=C/c2ccc(I)cc2)cc1F. The summed E-state index contributed by atoms with van der Waals surface area (Å²) in [6.45, 7) is 0.131. The van der Waals surface area contributed by atoms with Crippen molar-refractivity contribution < 1.29 is 17.6 Å². The van der Waals surface area contributed by atoms with Crippen LogP contribution in [0.4, 0.5) is 10.1 Å². The Morgan fingerprint density at radius 2 is 1.88 bits per heavy atom. The maximum atomic E-state index is 13.9. The largest absolute Gasteiger partial charge is 0.348 e. The van der Waals surface area contributed by atoms with Crippen molar-refractivity contribution >= 4 is 50.3 Å². The Bertz CT molecular complexity index is 897. The molecule has 0 bridgehead atoms. The van der Waals surface area contributed by atoms with Gasteiger partial charge in [-0.3, -0.25) is 9.52 Å². The second-order valence-electron chi connectivity index (χ2n) is 5.29. The average molecular weight is 474 g/mol. The highest BCUT2D eigenvalue weighted by Gasteiger charge is 2.08. The second kappa shape index (κ2) is 8.43. The number of benzene rings is 2. The van der Waals surface area contributed by atoms with E-state index in [-0.39, 0.29) is 18.1 Å². The van der Waals surface area contributed by atoms with Crippen LogP contribution in [0.15, 0.2) is 48.5 Å². The van der Waals surface area contributed by atoms with Crippen molar-refractivity contribution in [3.8, 4) is 0 Å². The number of sulfonamides is 1. The smallest absolute Gasteiger partial charge is 0.244 e. The minimum Gasteiger partial charge on any atom is -0.348 e. The predicted molar refractivity (Wildman–Crippen MR) is 105 cm³/mol. The van der Waals surface area contributed by atoms with Gasteiger partial charge in [0.2, 0.25) is 15.9 Å². The molecule has 5 nitrogen and oxygen atoms in total. The van der Waals surface area contributed by atoms with Crippen LogP contribution in [-0.2, 0) is 21.4 Å². The van der Waals surface area contributed by atoms with Gasteiger partial charge in [-0.2, -0.15) is 0 Å². The van der Waals surface area contributed by atoms with Crippen LogP contribution in [-0.4, -0.2) is 20.6 Å². The first-order valence-corrected chi connectivity index (χ1v) is 10.2. The Morgan fingerprint density at radius 1 is 1.20 bits per heavy atom. The molecule has 2 rings (SSSR count). The van der Waals surface area contributed by atoms with Crippen molar-refractivity contribution in [2.75, 3.05) is 11.0 Å². The van der Waals surface area contributed by atoms with Crippen LogP contribution in [0.3, 0.4) is 0 Å². The van der Waals surface area contributed by atoms with E-state index < -0.39 is 15.8 Å². The summed E-state index contributed by atoms with van der Waals surface area (Å²) in [5.74, 6) is -1.01. The van der Waals surface area contributed by atoms with E-state index in [9.17, 15) is 17.6 Å². The van der Waals surface area contributed by atoms with Crippen molar-refractivity contribution in [2.45, 2.75) is 6.54 Å². The molecule has 0 saturated carbocycles. The molecule has 132 valence electrons. The second-order valence-corrected chi connectivity index (χ2v) is 8.29. The first-order valence-electron chi connectivity index (χ1n) is 7.20. The highest BCUT2D eigenvalue weighted by molar-refractivity contribution is 14.1. The quantitative estimate of drug-likeness (QED) is 0.499. The van der Waals surface area contributed by atoms with Gasteiger partial charge in [0.05, 0.1) is 11.9 Å². The molecular weight excluding hydrogens is 458 g/mol. The number of carbonyl (C=O) groups excluding carboxylic acids is 1. The van der Waals surface area contributed by atoms with Crippen LogP contribution in [0.25, 0.3) is 6.08 Å². The van der Waals surface area contributed by atoms with E-state index in [4.69, 9.17) is 0 Å². The van der Waals surface area contributed by atoms with Crippen molar-refractivity contribution in [1.29, 1.82) is 0 Å². The molecular formula is C17H16FIN2O3S. The van der Waals surface area contributed by atoms with Crippen LogP contribution in [0.5, 0.6) is 0 Å². The molecule has 2 aromatic rings. The summed E-state index contributed by atoms with van der Waals surface area (Å²) in [7, 11) is -3.54. The Hall–Kier alpha value is -1.94. The molecule has 0 heterocycles. The molecule has 0 fully saturated rings. The average Bonchev–Trinajstić information content (AvgIpc) is 2.53. The van der Waals surface area contributed by atoms with Gasteiger partial charge in [-0.25, -0.2) is 12.8 Å². The highest BCUT2D eigenvalue weighted by Crippen LogP contribution is 2.16. The summed E-state index contributed by atoms with van der Waals surface area (Å²) >= 11 is 2.20. The summed E-state index contributed by atoms with van der Waals surface area (Å²) in [6, 6.07) is 11.7. The van der Waals surface area contributed by atoms with E-state index in [0.29, 0.717) is 5.56 Å². The number of anilines is 1. The molecule has 0 spiro atoms. The molecule has 0 radical (unpaired) electrons. The van der Waals surface area contributed by atoms with E-state index >= 15 is 0 Å². The van der Waals surface area contributed by atoms with Crippen molar-refractivity contribution in [1.82, 2.24) is 5.32 Å². The molecule has 0 unspecified atom stereocenters. The Balaban J connectivity index is 1.93. The lowest BCUT2D eigenvalue weighted by molar-refractivity contribution is -0.116. The van der Waals surface area contributed by atoms with Gasteiger partial charge in [0, 0.05) is 16.2 Å². The molecule has 0 atom stereocenters. The Kier molecular flexibility index (Phi) is 6.54. The lowest BCUT2D eigenvalue weighted by Crippen LogP contribution is -2.20. The third-order valence-electron chi connectivity index (χ3n) is 3.09. The van der Waals surface area contributed by atoms with Crippen molar-refractivity contribution in [3.05, 3.63) is 69.1 Å². The van der Waals surface area contributed by atoms with Crippen molar-refractivity contribution in [3.63, 3.8) is 0 Å². The van der Waals surface area contributed by atoms with Crippen LogP contribution in [0, 0.1) is 9.39 Å². The van der Waals surface area contributed by atoms with Gasteiger partial charge in [0.1, 0.15) is 5.82 Å². The van der Waals surface area contributed by atoms with Crippen molar-refractivity contribution in [2.24, 2.45) is 0 Å². The van der Waals surface area contributed by atoms with Gasteiger partial charge >= 0.3 is 0 Å². The summed E-state index contributed by atoms with van der Waals surface area (Å²) in [5.41, 5.74) is 1.29. The molecule has 2 aromatic carbocycles. The zero-order valence-electron chi connectivity index (χ0n) is 13.3. The van der Waals surface area contributed by atoms with Crippen LogP contribution in [0.2, 0.25) is 0 Å². The Morgan fingerprint density at radius 3 is 2.48 bits per heavy atom. The predicted octanol–water partition coefficient (Wildman–Crippen LogP) is 3.13. The minimum absolute atomic E-state index is 0.129. The fourth-order valence-electron chi connectivity index (χ4n) is 1.94. The molecule has 1 amide bonds. The summed E-state index contributed by atoms with van der Waals surface area (Å²) in [6.07, 6.45) is 4.03. The normalized spacial score (nSPS) is 11.5. The number of halogens is 2. The lowest BCUT2D eigenvalue weighted by Gasteiger charge is -2.08. The monoisotopic (exact) mass is 474 g/mol. The number of hydrogen-bond acceptors (Lipinski definition) is 3. The number of hydrogen-bond donors (Lipinski definition) is 2. The molecule has 0 aliphatic carbocycles. The maximum Gasteiger partial charge on any atom is 0.244 e. The van der Waals surface area contributed by atoms with Gasteiger partial charge in [0.15, 0.2) is 0 Å². The summed E-state index contributed by atoms with van der Waals surface area (Å²) in [4.78, 5) is 11.8. The van der Waals surface area contributed by atoms with Gasteiger partial charge in [-0.05, 0) is 64.1 Å². The molecule has 0 saturated heterocycles. The first kappa shape index (κ1) is 19.4. The van der Waals surface area contributed by atoms with E-state index in [0.717, 1.165) is 15.4 Å². The van der Waals surface area contributed by atoms with Gasteiger partial charge in [-0.1, -0.05) is 18.2 Å². The number of nitrogens with one attached hydrogen (secondary N) is 2. The van der Waals surface area contributed by atoms with Gasteiger partial charge < -0.3 is 5.32 Å². The van der Waals surface area contributed by atoms with Gasteiger partial charge in [0.25, 0.3) is 0 Å². The molecule has 2 N–H and O–H groups in total. The van der Waals surface area contributed by atoms with Crippen LogP contribution in [0.1, 0.15) is 11.1 Å². The molecule has 25 heavy (non-hydrogen) atoms.